The Morgan fingerprint density at radius 1 is 0.944 bits per heavy atom. The minimum Gasteiger partial charge on any atom is -0.489 e. The number of aliphatic hydroxyl groups excluding tert-OH is 1. The summed E-state index contributed by atoms with van der Waals surface area (Å²) in [7, 11) is 0. The molecular formula is C29H30N4O3. The van der Waals surface area contributed by atoms with E-state index >= 15 is 0 Å². The maximum absolute atomic E-state index is 13.4. The van der Waals surface area contributed by atoms with Gasteiger partial charge in [-0.1, -0.05) is 50.2 Å². The molecule has 7 heteroatoms. The highest BCUT2D eigenvalue weighted by molar-refractivity contribution is 6.03. The van der Waals surface area contributed by atoms with Gasteiger partial charge in [0.2, 0.25) is 0 Å². The molecule has 1 N–H and O–H groups in total. The summed E-state index contributed by atoms with van der Waals surface area (Å²) in [5, 5.41) is 14.2. The molecule has 0 saturated carbocycles. The van der Waals surface area contributed by atoms with E-state index in [0.29, 0.717) is 37.9 Å². The number of fused-ring (bicyclic) bond motifs is 1. The first kappa shape index (κ1) is 23.8. The number of pyridine rings is 1. The first-order chi connectivity index (χ1) is 17.5. The third kappa shape index (κ3) is 4.75. The summed E-state index contributed by atoms with van der Waals surface area (Å²) in [4.78, 5) is 19.2. The number of ether oxygens (including phenoxy) is 1. The van der Waals surface area contributed by atoms with E-state index in [0.717, 1.165) is 33.7 Å². The van der Waals surface area contributed by atoms with Crippen LogP contribution >= 0.6 is 0 Å². The van der Waals surface area contributed by atoms with Crippen LogP contribution < -0.4 is 4.74 Å². The van der Waals surface area contributed by atoms with Crippen molar-refractivity contribution in [3.05, 3.63) is 89.9 Å². The molecule has 0 aliphatic carbocycles. The topological polar surface area (TPSA) is 80.5 Å². The lowest BCUT2D eigenvalue weighted by molar-refractivity contribution is 0.0662. The smallest absolute Gasteiger partial charge is 0.272 e. The van der Waals surface area contributed by atoms with Gasteiger partial charge in [-0.25, -0.2) is 0 Å². The van der Waals surface area contributed by atoms with Crippen LogP contribution in [-0.4, -0.2) is 50.4 Å². The van der Waals surface area contributed by atoms with Crippen molar-refractivity contribution in [3.8, 4) is 28.1 Å². The second kappa shape index (κ2) is 10.3. The fraction of sp³-hybridized carbons (Fsp3) is 0.276. The molecule has 3 heterocycles. The zero-order chi connectivity index (χ0) is 25.1. The molecule has 1 amide bonds. The van der Waals surface area contributed by atoms with Crippen LogP contribution in [0.15, 0.2) is 73.1 Å². The van der Waals surface area contributed by atoms with E-state index < -0.39 is 0 Å². The number of hydrogen-bond acceptors (Lipinski definition) is 5. The van der Waals surface area contributed by atoms with E-state index in [1.165, 1.54) is 5.56 Å². The number of carbonyl (C=O) groups excluding carboxylic acids is 1. The van der Waals surface area contributed by atoms with Crippen molar-refractivity contribution in [3.63, 3.8) is 0 Å². The molecule has 0 saturated heterocycles. The fourth-order valence-corrected chi connectivity index (χ4v) is 4.51. The molecule has 0 spiro atoms. The zero-order valence-electron chi connectivity index (χ0n) is 20.6. The van der Waals surface area contributed by atoms with E-state index in [-0.39, 0.29) is 12.5 Å². The number of rotatable bonds is 8. The maximum atomic E-state index is 13.4. The molecule has 4 aromatic rings. The molecule has 2 aromatic heterocycles. The van der Waals surface area contributed by atoms with Gasteiger partial charge >= 0.3 is 0 Å². The minimum absolute atomic E-state index is 0.0708. The highest BCUT2D eigenvalue weighted by Gasteiger charge is 2.32. The molecule has 1 aliphatic heterocycles. The van der Waals surface area contributed by atoms with E-state index in [1.807, 2.05) is 36.4 Å². The molecule has 36 heavy (non-hydrogen) atoms. The first-order valence-corrected chi connectivity index (χ1v) is 12.3. The van der Waals surface area contributed by atoms with Crippen LogP contribution in [0.25, 0.3) is 22.4 Å². The molecular weight excluding hydrogens is 452 g/mol. The van der Waals surface area contributed by atoms with Gasteiger partial charge in [0.15, 0.2) is 0 Å². The number of benzene rings is 2. The number of amides is 1. The van der Waals surface area contributed by atoms with Gasteiger partial charge in [-0.15, -0.1) is 0 Å². The standard InChI is InChI=1S/C29H30N4O3/c1-20(2)22-5-3-21(4-6-22)19-36-25-9-7-23(8-10-25)26-27(24-11-13-30-14-12-24)31-33-16-15-32(17-18-34)29(35)28(26)33/h3-14,20,34H,15-19H2,1-2H3. The Kier molecular flexibility index (Phi) is 6.82. The summed E-state index contributed by atoms with van der Waals surface area (Å²) >= 11 is 0. The Bertz CT molecular complexity index is 1330. The largest absolute Gasteiger partial charge is 0.489 e. The number of hydrogen-bond donors (Lipinski definition) is 1. The van der Waals surface area contributed by atoms with Gasteiger partial charge in [0, 0.05) is 36.6 Å². The molecule has 0 fully saturated rings. The van der Waals surface area contributed by atoms with Crippen LogP contribution in [0.3, 0.4) is 0 Å². The molecule has 0 atom stereocenters. The van der Waals surface area contributed by atoms with Crippen LogP contribution in [0, 0.1) is 0 Å². The lowest BCUT2D eigenvalue weighted by Gasteiger charge is -2.27. The van der Waals surface area contributed by atoms with Crippen LogP contribution in [0.1, 0.15) is 41.4 Å². The predicted octanol–water partition coefficient (Wildman–Crippen LogP) is 4.76. The molecule has 1 aliphatic rings. The van der Waals surface area contributed by atoms with Gasteiger partial charge in [-0.2, -0.15) is 5.10 Å². The maximum Gasteiger partial charge on any atom is 0.272 e. The molecule has 2 aromatic carbocycles. The number of carbonyl (C=O) groups is 1. The van der Waals surface area contributed by atoms with Gasteiger partial charge in [-0.3, -0.25) is 14.5 Å². The number of aromatic nitrogens is 3. The summed E-state index contributed by atoms with van der Waals surface area (Å²) in [6.45, 7) is 6.19. The van der Waals surface area contributed by atoms with Gasteiger partial charge in [0.25, 0.3) is 5.91 Å². The second-order valence-corrected chi connectivity index (χ2v) is 9.26. The third-order valence-corrected chi connectivity index (χ3v) is 6.54. The third-order valence-electron chi connectivity index (χ3n) is 6.54. The van der Waals surface area contributed by atoms with Crippen molar-refractivity contribution in [2.45, 2.75) is 32.9 Å². The SMILES string of the molecule is CC(C)c1ccc(COc2ccc(-c3c(-c4ccncc4)nn4c3C(=O)N(CCO)CC4)cc2)cc1. The lowest BCUT2D eigenvalue weighted by atomic mass is 9.98. The highest BCUT2D eigenvalue weighted by atomic mass is 16.5. The predicted molar refractivity (Wildman–Crippen MR) is 139 cm³/mol. The monoisotopic (exact) mass is 482 g/mol. The molecule has 5 rings (SSSR count). The van der Waals surface area contributed by atoms with E-state index in [9.17, 15) is 9.90 Å². The fourth-order valence-electron chi connectivity index (χ4n) is 4.51. The molecule has 0 radical (unpaired) electrons. The Balaban J connectivity index is 1.44. The van der Waals surface area contributed by atoms with Crippen LogP contribution in [0.5, 0.6) is 5.75 Å². The van der Waals surface area contributed by atoms with E-state index in [4.69, 9.17) is 9.84 Å². The summed E-state index contributed by atoms with van der Waals surface area (Å²) in [6.07, 6.45) is 3.45. The quantitative estimate of drug-likeness (QED) is 0.392. The van der Waals surface area contributed by atoms with Crippen molar-refractivity contribution in [1.29, 1.82) is 0 Å². The summed E-state index contributed by atoms with van der Waals surface area (Å²) < 4.78 is 7.81. The van der Waals surface area contributed by atoms with Crippen molar-refractivity contribution in [1.82, 2.24) is 19.7 Å². The van der Waals surface area contributed by atoms with Gasteiger partial charge in [-0.05, 0) is 46.9 Å². The Morgan fingerprint density at radius 2 is 1.67 bits per heavy atom. The summed E-state index contributed by atoms with van der Waals surface area (Å²) in [5.41, 5.74) is 6.27. The number of β-amino-alcohol motifs (C(OH)–C–C–N with tert-alkyl or cyclic N) is 1. The Labute approximate surface area is 211 Å². The Morgan fingerprint density at radius 3 is 2.33 bits per heavy atom. The van der Waals surface area contributed by atoms with Crippen molar-refractivity contribution in [2.24, 2.45) is 0 Å². The van der Waals surface area contributed by atoms with Gasteiger partial charge in [0.05, 0.1) is 13.2 Å². The normalized spacial score (nSPS) is 13.2. The zero-order valence-corrected chi connectivity index (χ0v) is 20.6. The molecule has 0 unspecified atom stereocenters. The average molecular weight is 483 g/mol. The van der Waals surface area contributed by atoms with Crippen molar-refractivity contribution in [2.75, 3.05) is 19.7 Å². The van der Waals surface area contributed by atoms with Crippen LogP contribution in [-0.2, 0) is 13.2 Å². The Hall–Kier alpha value is -3.97. The van der Waals surface area contributed by atoms with E-state index in [2.05, 4.69) is 43.1 Å². The summed E-state index contributed by atoms with van der Waals surface area (Å²) in [6, 6.07) is 20.1. The number of aliphatic hydroxyl groups is 1. The molecule has 0 bridgehead atoms. The lowest BCUT2D eigenvalue weighted by Crippen LogP contribution is -2.42. The van der Waals surface area contributed by atoms with Crippen molar-refractivity contribution < 1.29 is 14.6 Å². The highest BCUT2D eigenvalue weighted by Crippen LogP contribution is 2.37. The van der Waals surface area contributed by atoms with Gasteiger partial charge in [0.1, 0.15) is 23.7 Å². The summed E-state index contributed by atoms with van der Waals surface area (Å²) in [5.74, 6) is 1.14. The van der Waals surface area contributed by atoms with Crippen molar-refractivity contribution >= 4 is 5.91 Å². The average Bonchev–Trinajstić information content (AvgIpc) is 3.31. The van der Waals surface area contributed by atoms with Gasteiger partial charge < -0.3 is 14.7 Å². The van der Waals surface area contributed by atoms with Crippen LogP contribution in [0.4, 0.5) is 0 Å². The minimum atomic E-state index is -0.122. The first-order valence-electron chi connectivity index (χ1n) is 12.3. The number of nitrogens with zero attached hydrogens (tertiary/aromatic N) is 4. The van der Waals surface area contributed by atoms with E-state index in [1.54, 1.807) is 22.0 Å². The molecule has 184 valence electrons. The van der Waals surface area contributed by atoms with Crippen LogP contribution in [0.2, 0.25) is 0 Å². The molecule has 7 nitrogen and oxygen atoms in total. The second-order valence-electron chi connectivity index (χ2n) is 9.26.